The molecule has 4 aliphatic carbocycles. The van der Waals surface area contributed by atoms with Crippen molar-refractivity contribution in [1.29, 1.82) is 0 Å². The van der Waals surface area contributed by atoms with Crippen LogP contribution in [0.2, 0.25) is 0 Å². The lowest BCUT2D eigenvalue weighted by Gasteiger charge is -2.23. The highest BCUT2D eigenvalue weighted by Crippen LogP contribution is 2.30. The average molecular weight is 1040 g/mol. The zero-order valence-corrected chi connectivity index (χ0v) is 45.4. The van der Waals surface area contributed by atoms with Gasteiger partial charge in [-0.15, -0.1) is 0 Å². The minimum atomic E-state index is -0.968. The number of rotatable bonds is 34. The highest BCUT2D eigenvalue weighted by atomic mass is 32.2. The topological polar surface area (TPSA) is 181 Å². The Morgan fingerprint density at radius 2 is 0.708 bits per heavy atom. The second-order valence-corrected chi connectivity index (χ2v) is 22.6. The van der Waals surface area contributed by atoms with Crippen LogP contribution in [0.4, 0.5) is 4.79 Å². The summed E-state index contributed by atoms with van der Waals surface area (Å²) in [6.07, 6.45) is 26.9. The molecule has 0 aromatic heterocycles. The molecular weight excluding hydrogens is 941 g/mol. The molecule has 1 amide bonds. The number of carbonyl (C=O) groups is 7. The molecule has 0 saturated heterocycles. The van der Waals surface area contributed by atoms with Crippen LogP contribution >= 0.6 is 11.8 Å². The minimum absolute atomic E-state index is 0.0424. The van der Waals surface area contributed by atoms with E-state index in [1.54, 1.807) is 4.90 Å². The highest BCUT2D eigenvalue weighted by Gasteiger charge is 2.25. The van der Waals surface area contributed by atoms with Gasteiger partial charge < -0.3 is 38.2 Å². The third kappa shape index (κ3) is 28.9. The lowest BCUT2D eigenvalue weighted by Crippen LogP contribution is -2.33. The molecule has 16 heteroatoms. The first-order valence-corrected chi connectivity index (χ1v) is 29.5. The molecule has 4 fully saturated rings. The van der Waals surface area contributed by atoms with Gasteiger partial charge in [-0.25, -0.2) is 0 Å². The standard InChI is InChI=1S/C56H94N2O13S/c1-57(2)36-17-39-72-56(65)58(37-15-26-54(63)70-48(40-66-50(59)32-28-44-18-7-3-8-19-44)41-67-51(60)33-29-45-20-9-4-10-21-45)38-16-27-55(64)71-49(42-68-52(61)34-30-46-22-11-5-12-23-46)43-69-53(62)35-31-47-24-13-6-14-25-47/h44-49H,3-43H2,1-2H3. The van der Waals surface area contributed by atoms with Gasteiger partial charge in [0.15, 0.2) is 12.2 Å². The number of esters is 6. The molecule has 0 spiro atoms. The van der Waals surface area contributed by atoms with Crippen molar-refractivity contribution in [2.45, 2.75) is 224 Å². The Bertz CT molecular complexity index is 1400. The van der Waals surface area contributed by atoms with Crippen LogP contribution in [-0.2, 0) is 57.2 Å². The van der Waals surface area contributed by atoms with Crippen molar-refractivity contribution in [2.24, 2.45) is 23.7 Å². The van der Waals surface area contributed by atoms with Gasteiger partial charge in [0.05, 0.1) is 0 Å². The van der Waals surface area contributed by atoms with Gasteiger partial charge in [0.2, 0.25) is 0 Å². The number of hydrogen-bond donors (Lipinski definition) is 0. The summed E-state index contributed by atoms with van der Waals surface area (Å²) in [6.45, 7) is 0.374. The summed E-state index contributed by atoms with van der Waals surface area (Å²) in [5.41, 5.74) is 0. The molecule has 0 heterocycles. The van der Waals surface area contributed by atoms with Crippen molar-refractivity contribution in [1.82, 2.24) is 9.80 Å². The Kier molecular flexibility index (Phi) is 31.7. The molecule has 15 nitrogen and oxygen atoms in total. The molecule has 72 heavy (non-hydrogen) atoms. The first kappa shape index (κ1) is 61.1. The van der Waals surface area contributed by atoms with Crippen LogP contribution in [0.1, 0.15) is 212 Å². The monoisotopic (exact) mass is 1030 g/mol. The molecule has 0 atom stereocenters. The van der Waals surface area contributed by atoms with Crippen LogP contribution in [0.3, 0.4) is 0 Å². The van der Waals surface area contributed by atoms with E-state index in [9.17, 15) is 33.6 Å². The fraction of sp³-hybridized carbons (Fsp3) is 0.875. The van der Waals surface area contributed by atoms with Gasteiger partial charge in [0.1, 0.15) is 26.4 Å². The minimum Gasteiger partial charge on any atom is -0.462 e. The summed E-state index contributed by atoms with van der Waals surface area (Å²) in [4.78, 5) is 95.0. The van der Waals surface area contributed by atoms with E-state index in [0.717, 1.165) is 90.0 Å². The van der Waals surface area contributed by atoms with Crippen LogP contribution in [0.15, 0.2) is 0 Å². The first-order chi connectivity index (χ1) is 34.9. The van der Waals surface area contributed by atoms with Gasteiger partial charge in [-0.3, -0.25) is 33.6 Å². The van der Waals surface area contributed by atoms with Crippen LogP contribution in [-0.4, -0.2) is 129 Å². The average Bonchev–Trinajstić information content (AvgIpc) is 3.39. The van der Waals surface area contributed by atoms with E-state index in [1.807, 2.05) is 14.1 Å². The van der Waals surface area contributed by atoms with E-state index in [1.165, 1.54) is 88.8 Å². The van der Waals surface area contributed by atoms with Crippen LogP contribution < -0.4 is 0 Å². The van der Waals surface area contributed by atoms with Crippen molar-refractivity contribution in [3.05, 3.63) is 0 Å². The molecule has 0 aromatic rings. The maximum Gasteiger partial charge on any atom is 0.306 e. The van der Waals surface area contributed by atoms with Gasteiger partial charge >= 0.3 is 35.8 Å². The predicted octanol–water partition coefficient (Wildman–Crippen LogP) is 11.1. The third-order valence-electron chi connectivity index (χ3n) is 15.1. The third-order valence-corrected chi connectivity index (χ3v) is 16.1. The van der Waals surface area contributed by atoms with Gasteiger partial charge in [0.25, 0.3) is 5.24 Å². The molecule has 0 N–H and O–H groups in total. The van der Waals surface area contributed by atoms with Crippen molar-refractivity contribution in [3.8, 4) is 0 Å². The molecule has 0 aromatic carbocycles. The van der Waals surface area contributed by atoms with Gasteiger partial charge in [-0.05, 0) is 89.3 Å². The molecule has 4 saturated carbocycles. The molecule has 0 radical (unpaired) electrons. The second-order valence-electron chi connectivity index (χ2n) is 21.6. The lowest BCUT2D eigenvalue weighted by molar-refractivity contribution is -0.167. The SMILES string of the molecule is CN(C)CCCSC(=O)N(CCCC(=O)OC(COC(=O)CCC1CCCCC1)COC(=O)CCC1CCCCC1)CCCC(=O)OC(COC(=O)CCC1CCCCC1)COC(=O)CCC1CCCCC1. The Balaban J connectivity index is 1.27. The Labute approximate surface area is 436 Å². The molecular formula is C56H94N2O13S. The molecule has 0 aliphatic heterocycles. The molecule has 4 aliphatic rings. The summed E-state index contributed by atoms with van der Waals surface area (Å²) < 4.78 is 33.8. The van der Waals surface area contributed by atoms with Gasteiger partial charge in [0, 0.05) is 57.4 Å². The summed E-state index contributed by atoms with van der Waals surface area (Å²) in [5, 5.41) is -0.174. The van der Waals surface area contributed by atoms with Gasteiger partial charge in [-0.2, -0.15) is 0 Å². The summed E-state index contributed by atoms with van der Waals surface area (Å²) >= 11 is 1.19. The van der Waals surface area contributed by atoms with Crippen molar-refractivity contribution in [3.63, 3.8) is 0 Å². The lowest BCUT2D eigenvalue weighted by atomic mass is 9.86. The fourth-order valence-electron chi connectivity index (χ4n) is 10.7. The highest BCUT2D eigenvalue weighted by molar-refractivity contribution is 8.13. The molecule has 0 bridgehead atoms. The quantitative estimate of drug-likeness (QED) is 0.0337. The summed E-state index contributed by atoms with van der Waals surface area (Å²) in [7, 11) is 3.95. The van der Waals surface area contributed by atoms with E-state index in [2.05, 4.69) is 4.90 Å². The Hall–Kier alpha value is -3.40. The molecule has 412 valence electrons. The van der Waals surface area contributed by atoms with Crippen LogP contribution in [0.25, 0.3) is 0 Å². The van der Waals surface area contributed by atoms with Gasteiger partial charge in [-0.1, -0.05) is 140 Å². The molecule has 0 unspecified atom stereocenters. The van der Waals surface area contributed by atoms with Crippen molar-refractivity contribution < 1.29 is 62.0 Å². The normalized spacial score (nSPS) is 17.4. The van der Waals surface area contributed by atoms with Crippen molar-refractivity contribution in [2.75, 3.05) is 65.9 Å². The number of hydrogen-bond acceptors (Lipinski definition) is 15. The largest absolute Gasteiger partial charge is 0.462 e. The number of thioether (sulfide) groups is 1. The fourth-order valence-corrected chi connectivity index (χ4v) is 11.5. The summed E-state index contributed by atoms with van der Waals surface area (Å²) in [6, 6.07) is 0. The number of ether oxygens (including phenoxy) is 6. The van der Waals surface area contributed by atoms with Crippen molar-refractivity contribution >= 4 is 52.8 Å². The number of nitrogens with zero attached hydrogens (tertiary/aromatic N) is 2. The van der Waals surface area contributed by atoms with E-state index < -0.39 is 24.1 Å². The van der Waals surface area contributed by atoms with E-state index in [4.69, 9.17) is 28.4 Å². The van der Waals surface area contributed by atoms with Crippen LogP contribution in [0, 0.1) is 23.7 Å². The first-order valence-electron chi connectivity index (χ1n) is 28.5. The number of amides is 1. The summed E-state index contributed by atoms with van der Waals surface area (Å²) in [5.74, 6) is 0.0497. The second kappa shape index (κ2) is 37.3. The predicted molar refractivity (Wildman–Crippen MR) is 278 cm³/mol. The molecule has 4 rings (SSSR count). The smallest absolute Gasteiger partial charge is 0.306 e. The van der Waals surface area contributed by atoms with E-state index >= 15 is 0 Å². The maximum atomic E-state index is 13.6. The zero-order valence-electron chi connectivity index (χ0n) is 44.6. The zero-order chi connectivity index (χ0) is 51.6. The van der Waals surface area contributed by atoms with E-state index in [-0.39, 0.29) is 120 Å². The maximum absolute atomic E-state index is 13.6. The van der Waals surface area contributed by atoms with Crippen LogP contribution in [0.5, 0.6) is 0 Å². The van der Waals surface area contributed by atoms with E-state index in [0.29, 0.717) is 29.4 Å². The Morgan fingerprint density at radius 1 is 0.403 bits per heavy atom. The Morgan fingerprint density at radius 3 is 1.00 bits per heavy atom. The number of carbonyl (C=O) groups excluding carboxylic acids is 7.